The first kappa shape index (κ1) is 19.0. The van der Waals surface area contributed by atoms with Crippen LogP contribution in [0.5, 0.6) is 0 Å². The fourth-order valence-corrected chi connectivity index (χ4v) is 3.37. The largest absolute Gasteiger partial charge is 0.450 e. The first-order valence-corrected chi connectivity index (χ1v) is 9.66. The van der Waals surface area contributed by atoms with Gasteiger partial charge >= 0.3 is 6.09 Å². The molecule has 0 fully saturated rings. The predicted octanol–water partition coefficient (Wildman–Crippen LogP) is 5.82. The van der Waals surface area contributed by atoms with E-state index in [0.29, 0.717) is 6.61 Å². The van der Waals surface area contributed by atoms with E-state index in [4.69, 9.17) is 4.74 Å². The highest BCUT2D eigenvalue weighted by Gasteiger charge is 2.12. The summed E-state index contributed by atoms with van der Waals surface area (Å²) in [5.74, 6) is 0. The number of fused-ring (bicyclic) bond motifs is 1. The highest BCUT2D eigenvalue weighted by Crippen LogP contribution is 2.24. The van der Waals surface area contributed by atoms with E-state index in [0.717, 1.165) is 30.2 Å². The van der Waals surface area contributed by atoms with Gasteiger partial charge in [0.1, 0.15) is 0 Å². The molecule has 1 atom stereocenters. The summed E-state index contributed by atoms with van der Waals surface area (Å²) in [6.45, 7) is 4.56. The van der Waals surface area contributed by atoms with Gasteiger partial charge in [-0.1, -0.05) is 73.7 Å². The summed E-state index contributed by atoms with van der Waals surface area (Å²) < 4.78 is 5.37. The number of alkyl carbamates (subject to hydrolysis) is 1. The molecule has 0 saturated carbocycles. The van der Waals surface area contributed by atoms with Crippen LogP contribution in [0.15, 0.2) is 66.7 Å². The topological polar surface area (TPSA) is 38.3 Å². The molecule has 0 aliphatic heterocycles. The molecule has 0 aromatic heterocycles. The number of carbonyl (C=O) groups excluding carboxylic acids is 1. The highest BCUT2D eigenvalue weighted by atomic mass is 16.5. The lowest BCUT2D eigenvalue weighted by Gasteiger charge is -2.16. The van der Waals surface area contributed by atoms with E-state index in [-0.39, 0.29) is 12.1 Å². The summed E-state index contributed by atoms with van der Waals surface area (Å²) >= 11 is 0. The molecule has 0 radical (unpaired) electrons. The summed E-state index contributed by atoms with van der Waals surface area (Å²) in [4.78, 5) is 12.1. The van der Waals surface area contributed by atoms with Crippen LogP contribution in [-0.4, -0.2) is 12.7 Å². The molecule has 3 heteroatoms. The van der Waals surface area contributed by atoms with Crippen LogP contribution in [0.3, 0.4) is 0 Å². The molecule has 0 spiro atoms. The Bertz CT molecular complexity index is 898. The van der Waals surface area contributed by atoms with E-state index in [2.05, 4.69) is 54.7 Å². The Balaban J connectivity index is 1.48. The molecule has 27 heavy (non-hydrogen) atoms. The van der Waals surface area contributed by atoms with E-state index >= 15 is 0 Å². The van der Waals surface area contributed by atoms with E-state index in [9.17, 15) is 4.79 Å². The lowest BCUT2D eigenvalue weighted by atomic mass is 10.00. The Morgan fingerprint density at radius 1 is 1.00 bits per heavy atom. The fraction of sp³-hybridized carbons (Fsp3) is 0.292. The van der Waals surface area contributed by atoms with Crippen molar-refractivity contribution < 1.29 is 9.53 Å². The maximum absolute atomic E-state index is 12.1. The van der Waals surface area contributed by atoms with Gasteiger partial charge in [-0.2, -0.15) is 0 Å². The Hall–Kier alpha value is -2.81. The van der Waals surface area contributed by atoms with Gasteiger partial charge in [0.15, 0.2) is 0 Å². The summed E-state index contributed by atoms with van der Waals surface area (Å²) in [5, 5.41) is 5.27. The average molecular weight is 361 g/mol. The van der Waals surface area contributed by atoms with E-state index in [1.165, 1.54) is 16.5 Å². The van der Waals surface area contributed by atoms with Gasteiger partial charge in [0.25, 0.3) is 0 Å². The van der Waals surface area contributed by atoms with Gasteiger partial charge < -0.3 is 10.1 Å². The molecule has 1 unspecified atom stereocenters. The third-order valence-electron chi connectivity index (χ3n) is 4.87. The first-order chi connectivity index (χ1) is 13.2. The second-order valence-electron chi connectivity index (χ2n) is 6.85. The fourth-order valence-electron chi connectivity index (χ4n) is 3.37. The number of hydrogen-bond acceptors (Lipinski definition) is 2. The van der Waals surface area contributed by atoms with Crippen molar-refractivity contribution in [2.24, 2.45) is 0 Å². The molecule has 140 valence electrons. The number of benzene rings is 3. The van der Waals surface area contributed by atoms with E-state index in [1.807, 2.05) is 31.2 Å². The minimum Gasteiger partial charge on any atom is -0.450 e. The van der Waals surface area contributed by atoms with Gasteiger partial charge in [-0.3, -0.25) is 0 Å². The molecule has 1 amide bonds. The number of aryl methyl sites for hydroxylation is 2. The second kappa shape index (κ2) is 9.22. The van der Waals surface area contributed by atoms with Crippen LogP contribution in [-0.2, 0) is 17.6 Å². The quantitative estimate of drug-likeness (QED) is 0.538. The van der Waals surface area contributed by atoms with Crippen LogP contribution in [0.1, 0.15) is 43.0 Å². The standard InChI is InChI=1S/C24H27NO2/c1-3-19-9-6-10-20(17-19)11-8-16-27-24(26)25-18(2)22-15-7-13-21-12-4-5-14-23(21)22/h4-7,9-10,12-15,17-18H,3,8,11,16H2,1-2H3,(H,25,26). The van der Waals surface area contributed by atoms with Crippen LogP contribution in [0.4, 0.5) is 4.79 Å². The van der Waals surface area contributed by atoms with Crippen LogP contribution in [0.2, 0.25) is 0 Å². The van der Waals surface area contributed by atoms with Gasteiger partial charge in [-0.25, -0.2) is 4.79 Å². The van der Waals surface area contributed by atoms with Gasteiger partial charge in [0, 0.05) is 0 Å². The van der Waals surface area contributed by atoms with Gasteiger partial charge in [-0.15, -0.1) is 0 Å². The van der Waals surface area contributed by atoms with Crippen molar-refractivity contribution in [1.29, 1.82) is 0 Å². The van der Waals surface area contributed by atoms with Crippen LogP contribution >= 0.6 is 0 Å². The zero-order valence-electron chi connectivity index (χ0n) is 16.1. The lowest BCUT2D eigenvalue weighted by molar-refractivity contribution is 0.141. The Morgan fingerprint density at radius 2 is 1.74 bits per heavy atom. The second-order valence-corrected chi connectivity index (χ2v) is 6.85. The lowest BCUT2D eigenvalue weighted by Crippen LogP contribution is -2.27. The van der Waals surface area contributed by atoms with Crippen molar-refractivity contribution in [3.63, 3.8) is 0 Å². The zero-order chi connectivity index (χ0) is 19.1. The predicted molar refractivity (Wildman–Crippen MR) is 111 cm³/mol. The molecule has 3 rings (SSSR count). The van der Waals surface area contributed by atoms with E-state index in [1.54, 1.807) is 0 Å². The summed E-state index contributed by atoms with van der Waals surface area (Å²) in [6.07, 6.45) is 2.42. The van der Waals surface area contributed by atoms with Gasteiger partial charge in [0.2, 0.25) is 0 Å². The smallest absolute Gasteiger partial charge is 0.407 e. The van der Waals surface area contributed by atoms with Crippen molar-refractivity contribution in [2.45, 2.75) is 39.2 Å². The third kappa shape index (κ3) is 5.10. The monoisotopic (exact) mass is 361 g/mol. The maximum atomic E-state index is 12.1. The SMILES string of the molecule is CCc1cccc(CCCOC(=O)NC(C)c2cccc3ccccc23)c1. The molecule has 3 nitrogen and oxygen atoms in total. The number of amides is 1. The summed E-state index contributed by atoms with van der Waals surface area (Å²) in [6, 6.07) is 22.8. The Morgan fingerprint density at radius 3 is 2.59 bits per heavy atom. The van der Waals surface area contributed by atoms with Crippen LogP contribution < -0.4 is 5.32 Å². The molecular weight excluding hydrogens is 334 g/mol. The van der Waals surface area contributed by atoms with Crippen molar-refractivity contribution in [3.05, 3.63) is 83.4 Å². The van der Waals surface area contributed by atoms with Crippen molar-refractivity contribution in [1.82, 2.24) is 5.32 Å². The summed E-state index contributed by atoms with van der Waals surface area (Å²) in [7, 11) is 0. The minimum absolute atomic E-state index is 0.107. The number of carbonyl (C=O) groups is 1. The van der Waals surface area contributed by atoms with E-state index < -0.39 is 0 Å². The minimum atomic E-state index is -0.363. The first-order valence-electron chi connectivity index (χ1n) is 9.66. The highest BCUT2D eigenvalue weighted by molar-refractivity contribution is 5.86. The van der Waals surface area contributed by atoms with Crippen LogP contribution in [0, 0.1) is 0 Å². The Kier molecular flexibility index (Phi) is 6.48. The van der Waals surface area contributed by atoms with Gasteiger partial charge in [0.05, 0.1) is 12.6 Å². The van der Waals surface area contributed by atoms with Gasteiger partial charge in [-0.05, 0) is 53.6 Å². The summed E-state index contributed by atoms with van der Waals surface area (Å²) in [5.41, 5.74) is 3.74. The number of hydrogen-bond donors (Lipinski definition) is 1. The number of rotatable bonds is 7. The zero-order valence-corrected chi connectivity index (χ0v) is 16.1. The van der Waals surface area contributed by atoms with Crippen LogP contribution in [0.25, 0.3) is 10.8 Å². The number of ether oxygens (including phenoxy) is 1. The van der Waals surface area contributed by atoms with Crippen molar-refractivity contribution in [3.8, 4) is 0 Å². The molecule has 0 bridgehead atoms. The van der Waals surface area contributed by atoms with Crippen molar-refractivity contribution in [2.75, 3.05) is 6.61 Å². The Labute approximate surface area is 161 Å². The molecule has 3 aromatic rings. The van der Waals surface area contributed by atoms with Crippen molar-refractivity contribution >= 4 is 16.9 Å². The normalized spacial score (nSPS) is 11.9. The number of nitrogens with one attached hydrogen (secondary N) is 1. The molecule has 0 saturated heterocycles. The molecular formula is C24H27NO2. The molecule has 1 N–H and O–H groups in total. The molecule has 3 aromatic carbocycles. The molecule has 0 aliphatic carbocycles. The molecule has 0 aliphatic rings. The third-order valence-corrected chi connectivity index (χ3v) is 4.87. The maximum Gasteiger partial charge on any atom is 0.407 e. The molecule has 0 heterocycles. The average Bonchev–Trinajstić information content (AvgIpc) is 2.71.